The monoisotopic (exact) mass is 258 g/mol. The third kappa shape index (κ3) is 3.60. The van der Waals surface area contributed by atoms with E-state index in [0.29, 0.717) is 26.1 Å². The Morgan fingerprint density at radius 3 is 2.78 bits per heavy atom. The Bertz CT molecular complexity index is 308. The third-order valence-electron chi connectivity index (χ3n) is 3.41. The summed E-state index contributed by atoms with van der Waals surface area (Å²) in [6, 6.07) is -0.141. The Hall–Kier alpha value is -1.30. The number of likely N-dealkylation sites (N-methyl/N-ethyl adjacent to an activating group) is 1. The summed E-state index contributed by atoms with van der Waals surface area (Å²) in [5, 5.41) is 9.00. The first-order chi connectivity index (χ1) is 8.47. The van der Waals surface area contributed by atoms with Gasteiger partial charge in [0.25, 0.3) is 0 Å². The normalized spacial score (nSPS) is 21.5. The van der Waals surface area contributed by atoms with Gasteiger partial charge in [0.05, 0.1) is 18.6 Å². The summed E-state index contributed by atoms with van der Waals surface area (Å²) in [4.78, 5) is 26.4. The number of urea groups is 1. The number of hydrogen-bond donors (Lipinski definition) is 1. The van der Waals surface area contributed by atoms with Crippen molar-refractivity contribution in [2.75, 3.05) is 33.9 Å². The van der Waals surface area contributed by atoms with Gasteiger partial charge < -0.3 is 19.6 Å². The number of carbonyl (C=O) groups is 2. The molecular formula is C12H22N2O4. The lowest BCUT2D eigenvalue weighted by Gasteiger charge is -2.35. The highest BCUT2D eigenvalue weighted by Crippen LogP contribution is 2.18. The Morgan fingerprint density at radius 2 is 2.22 bits per heavy atom. The van der Waals surface area contributed by atoms with Crippen LogP contribution >= 0.6 is 0 Å². The van der Waals surface area contributed by atoms with Crippen LogP contribution < -0.4 is 0 Å². The lowest BCUT2D eigenvalue weighted by molar-refractivity contribution is -0.143. The molecule has 1 heterocycles. The number of aliphatic carboxylic acids is 1. The van der Waals surface area contributed by atoms with E-state index in [2.05, 4.69) is 0 Å². The van der Waals surface area contributed by atoms with E-state index >= 15 is 0 Å². The molecule has 104 valence electrons. The van der Waals surface area contributed by atoms with Gasteiger partial charge in [-0.25, -0.2) is 4.79 Å². The molecule has 0 aromatic rings. The minimum atomic E-state index is -0.819. The average Bonchev–Trinajstić information content (AvgIpc) is 2.37. The maximum absolute atomic E-state index is 12.2. The molecule has 1 aliphatic rings. The van der Waals surface area contributed by atoms with Gasteiger partial charge in [0, 0.05) is 27.2 Å². The number of likely N-dealkylation sites (tertiary alicyclic amines) is 1. The predicted octanol–water partition coefficient (Wildman–Crippen LogP) is 0.870. The summed E-state index contributed by atoms with van der Waals surface area (Å²) in [6.45, 7) is 3.31. The van der Waals surface area contributed by atoms with E-state index in [1.807, 2.05) is 6.92 Å². The average molecular weight is 258 g/mol. The number of carboxylic acid groups (broad SMARTS) is 1. The van der Waals surface area contributed by atoms with Crippen molar-refractivity contribution in [1.29, 1.82) is 0 Å². The fourth-order valence-electron chi connectivity index (χ4n) is 2.12. The molecule has 2 atom stereocenters. The number of nitrogens with zero attached hydrogens (tertiary/aromatic N) is 2. The maximum atomic E-state index is 12.2. The molecule has 6 heteroatoms. The lowest BCUT2D eigenvalue weighted by Crippen LogP contribution is -2.50. The van der Waals surface area contributed by atoms with E-state index in [-0.39, 0.29) is 12.1 Å². The van der Waals surface area contributed by atoms with Gasteiger partial charge in [-0.3, -0.25) is 4.79 Å². The minimum absolute atomic E-state index is 0.0206. The predicted molar refractivity (Wildman–Crippen MR) is 66.4 cm³/mol. The number of hydrogen-bond acceptors (Lipinski definition) is 3. The van der Waals surface area contributed by atoms with Crippen LogP contribution in [0.3, 0.4) is 0 Å². The first-order valence-electron chi connectivity index (χ1n) is 6.20. The number of piperidine rings is 1. The Labute approximate surface area is 107 Å². The Balaban J connectivity index is 2.57. The highest BCUT2D eigenvalue weighted by molar-refractivity contribution is 5.76. The maximum Gasteiger partial charge on any atom is 0.320 e. The number of carbonyl (C=O) groups excluding carboxylic acids is 1. The largest absolute Gasteiger partial charge is 0.481 e. The van der Waals surface area contributed by atoms with Gasteiger partial charge in [0.2, 0.25) is 0 Å². The van der Waals surface area contributed by atoms with Crippen LogP contribution in [0.5, 0.6) is 0 Å². The molecule has 18 heavy (non-hydrogen) atoms. The zero-order valence-electron chi connectivity index (χ0n) is 11.3. The molecule has 0 aliphatic carbocycles. The van der Waals surface area contributed by atoms with Crippen LogP contribution in [0.25, 0.3) is 0 Å². The number of amides is 2. The fraction of sp³-hybridized carbons (Fsp3) is 0.833. The smallest absolute Gasteiger partial charge is 0.320 e. The molecule has 0 aromatic carbocycles. The van der Waals surface area contributed by atoms with Crippen LogP contribution in [0, 0.1) is 5.92 Å². The van der Waals surface area contributed by atoms with Crippen LogP contribution in [0.1, 0.15) is 19.8 Å². The molecule has 1 aliphatic heterocycles. The number of rotatable bonds is 4. The summed E-state index contributed by atoms with van der Waals surface area (Å²) >= 11 is 0. The van der Waals surface area contributed by atoms with Gasteiger partial charge in [0.1, 0.15) is 0 Å². The van der Waals surface area contributed by atoms with E-state index in [1.54, 1.807) is 24.0 Å². The van der Waals surface area contributed by atoms with Crippen molar-refractivity contribution in [1.82, 2.24) is 9.80 Å². The molecule has 0 saturated carbocycles. The fourth-order valence-corrected chi connectivity index (χ4v) is 2.12. The van der Waals surface area contributed by atoms with Crippen molar-refractivity contribution in [3.8, 4) is 0 Å². The van der Waals surface area contributed by atoms with E-state index in [1.165, 1.54) is 0 Å². The Morgan fingerprint density at radius 1 is 1.56 bits per heavy atom. The molecular weight excluding hydrogens is 236 g/mol. The second kappa shape index (κ2) is 6.58. The second-order valence-corrected chi connectivity index (χ2v) is 4.82. The van der Waals surface area contributed by atoms with Crippen molar-refractivity contribution in [3.63, 3.8) is 0 Å². The quantitative estimate of drug-likeness (QED) is 0.812. The standard InChI is InChI=1S/C12H22N2O4/c1-9(8-18-3)13(2)12(17)14-6-4-5-10(7-14)11(15)16/h9-10H,4-8H2,1-3H3,(H,15,16)/t9?,10-/m0/s1. The van der Waals surface area contributed by atoms with Crippen molar-refractivity contribution in [2.45, 2.75) is 25.8 Å². The molecule has 2 amide bonds. The summed E-state index contributed by atoms with van der Waals surface area (Å²) in [5.74, 6) is -1.26. The summed E-state index contributed by atoms with van der Waals surface area (Å²) in [6.07, 6.45) is 1.39. The first-order valence-corrected chi connectivity index (χ1v) is 6.20. The van der Waals surface area contributed by atoms with E-state index in [0.717, 1.165) is 6.42 Å². The summed E-state index contributed by atoms with van der Waals surface area (Å²) < 4.78 is 5.02. The van der Waals surface area contributed by atoms with Crippen molar-refractivity contribution in [3.05, 3.63) is 0 Å². The Kier molecular flexibility index (Phi) is 5.40. The lowest BCUT2D eigenvalue weighted by atomic mass is 9.98. The molecule has 0 aromatic heterocycles. The molecule has 1 N–H and O–H groups in total. The first kappa shape index (κ1) is 14.8. The van der Waals surface area contributed by atoms with Crippen LogP contribution in [0.4, 0.5) is 4.79 Å². The molecule has 0 bridgehead atoms. The number of carboxylic acids is 1. The molecule has 0 radical (unpaired) electrons. The molecule has 6 nitrogen and oxygen atoms in total. The highest BCUT2D eigenvalue weighted by Gasteiger charge is 2.30. The van der Waals surface area contributed by atoms with Gasteiger partial charge in [-0.15, -0.1) is 0 Å². The van der Waals surface area contributed by atoms with Crippen molar-refractivity contribution < 1.29 is 19.4 Å². The molecule has 0 spiro atoms. The zero-order chi connectivity index (χ0) is 13.7. The van der Waals surface area contributed by atoms with Gasteiger partial charge in [-0.2, -0.15) is 0 Å². The van der Waals surface area contributed by atoms with Crippen molar-refractivity contribution >= 4 is 12.0 Å². The third-order valence-corrected chi connectivity index (χ3v) is 3.41. The molecule has 1 rings (SSSR count). The number of methoxy groups -OCH3 is 1. The van der Waals surface area contributed by atoms with E-state index in [9.17, 15) is 9.59 Å². The second-order valence-electron chi connectivity index (χ2n) is 4.82. The van der Waals surface area contributed by atoms with Gasteiger partial charge in [0.15, 0.2) is 0 Å². The van der Waals surface area contributed by atoms with Crippen LogP contribution in [-0.2, 0) is 9.53 Å². The van der Waals surface area contributed by atoms with Gasteiger partial charge in [-0.05, 0) is 19.8 Å². The molecule has 1 saturated heterocycles. The van der Waals surface area contributed by atoms with Crippen LogP contribution in [0.15, 0.2) is 0 Å². The van der Waals surface area contributed by atoms with Crippen molar-refractivity contribution in [2.24, 2.45) is 5.92 Å². The highest BCUT2D eigenvalue weighted by atomic mass is 16.5. The zero-order valence-corrected chi connectivity index (χ0v) is 11.3. The number of ether oxygens (including phenoxy) is 1. The van der Waals surface area contributed by atoms with E-state index in [4.69, 9.17) is 9.84 Å². The topological polar surface area (TPSA) is 70.1 Å². The van der Waals surface area contributed by atoms with Gasteiger partial charge in [-0.1, -0.05) is 0 Å². The van der Waals surface area contributed by atoms with Crippen LogP contribution in [-0.4, -0.2) is 66.8 Å². The summed E-state index contributed by atoms with van der Waals surface area (Å²) in [7, 11) is 3.31. The SMILES string of the molecule is COCC(C)N(C)C(=O)N1CCC[C@H](C(=O)O)C1. The van der Waals surface area contributed by atoms with Gasteiger partial charge >= 0.3 is 12.0 Å². The van der Waals surface area contributed by atoms with E-state index < -0.39 is 11.9 Å². The molecule has 1 fully saturated rings. The minimum Gasteiger partial charge on any atom is -0.481 e. The molecule has 1 unspecified atom stereocenters. The summed E-state index contributed by atoms with van der Waals surface area (Å²) in [5.41, 5.74) is 0. The van der Waals surface area contributed by atoms with Crippen LogP contribution in [0.2, 0.25) is 0 Å².